The third-order valence-corrected chi connectivity index (χ3v) is 4.58. The molecule has 0 fully saturated rings. The molecular formula is C21H22N2O4. The molecule has 6 nitrogen and oxygen atoms in total. The van der Waals surface area contributed by atoms with Crippen molar-refractivity contribution in [3.05, 3.63) is 65.7 Å². The van der Waals surface area contributed by atoms with Crippen LogP contribution in [0.1, 0.15) is 29.3 Å². The first-order chi connectivity index (χ1) is 13.1. The maximum atomic E-state index is 12.6. The molecule has 1 aliphatic rings. The topological polar surface area (TPSA) is 75.7 Å². The lowest BCUT2D eigenvalue weighted by atomic mass is 9.96. The standard InChI is InChI=1S/C21H22N2O4/c1-15-11-12-16-7-5-6-10-18(16)23(15)19(24)14-27-20(25)13-22-21(26)17-8-3-2-4-9-17/h2-10,15H,11-14H2,1H3,(H,22,26). The average Bonchev–Trinajstić information content (AvgIpc) is 2.70. The van der Waals surface area contributed by atoms with Crippen molar-refractivity contribution < 1.29 is 19.1 Å². The smallest absolute Gasteiger partial charge is 0.325 e. The van der Waals surface area contributed by atoms with E-state index < -0.39 is 5.97 Å². The molecule has 0 aromatic heterocycles. The van der Waals surface area contributed by atoms with Crippen LogP contribution in [-0.2, 0) is 20.7 Å². The van der Waals surface area contributed by atoms with Crippen LogP contribution in [0.2, 0.25) is 0 Å². The Hall–Kier alpha value is -3.15. The third kappa shape index (κ3) is 4.53. The predicted molar refractivity (Wildman–Crippen MR) is 101 cm³/mol. The van der Waals surface area contributed by atoms with Gasteiger partial charge in [0.15, 0.2) is 6.61 Å². The lowest BCUT2D eigenvalue weighted by Crippen LogP contribution is -2.44. The van der Waals surface area contributed by atoms with Crippen LogP contribution in [-0.4, -0.2) is 37.0 Å². The Kier molecular flexibility index (Phi) is 5.86. The number of anilines is 1. The zero-order valence-corrected chi connectivity index (χ0v) is 15.2. The zero-order valence-electron chi connectivity index (χ0n) is 15.2. The first-order valence-corrected chi connectivity index (χ1v) is 8.95. The van der Waals surface area contributed by atoms with Crippen molar-refractivity contribution in [3.8, 4) is 0 Å². The van der Waals surface area contributed by atoms with Gasteiger partial charge in [-0.25, -0.2) is 0 Å². The van der Waals surface area contributed by atoms with Crippen LogP contribution in [0.25, 0.3) is 0 Å². The summed E-state index contributed by atoms with van der Waals surface area (Å²) in [6.45, 7) is 1.35. The number of amides is 2. The number of carbonyl (C=O) groups excluding carboxylic acids is 3. The molecule has 0 saturated heterocycles. The summed E-state index contributed by atoms with van der Waals surface area (Å²) >= 11 is 0. The highest BCUT2D eigenvalue weighted by Gasteiger charge is 2.28. The first kappa shape index (κ1) is 18.6. The molecular weight excluding hydrogens is 344 g/mol. The van der Waals surface area contributed by atoms with E-state index >= 15 is 0 Å². The number of nitrogens with zero attached hydrogens (tertiary/aromatic N) is 1. The van der Waals surface area contributed by atoms with Gasteiger partial charge in [0.1, 0.15) is 6.54 Å². The molecule has 0 saturated carbocycles. The molecule has 6 heteroatoms. The molecule has 1 N–H and O–H groups in total. The van der Waals surface area contributed by atoms with E-state index in [1.165, 1.54) is 0 Å². The minimum atomic E-state index is -0.648. The SMILES string of the molecule is CC1CCc2ccccc2N1C(=O)COC(=O)CNC(=O)c1ccccc1. The van der Waals surface area contributed by atoms with Crippen LogP contribution >= 0.6 is 0 Å². The number of hydrogen-bond acceptors (Lipinski definition) is 4. The largest absolute Gasteiger partial charge is 0.454 e. The number of aryl methyl sites for hydroxylation is 1. The van der Waals surface area contributed by atoms with Crippen molar-refractivity contribution in [2.24, 2.45) is 0 Å². The van der Waals surface area contributed by atoms with Crippen molar-refractivity contribution in [2.75, 3.05) is 18.1 Å². The molecule has 1 unspecified atom stereocenters. The fourth-order valence-corrected chi connectivity index (χ4v) is 3.18. The van der Waals surface area contributed by atoms with Gasteiger partial charge < -0.3 is 15.0 Å². The quantitative estimate of drug-likeness (QED) is 0.824. The highest BCUT2D eigenvalue weighted by Crippen LogP contribution is 2.30. The van der Waals surface area contributed by atoms with Gasteiger partial charge in [0.05, 0.1) is 0 Å². The Balaban J connectivity index is 1.52. The van der Waals surface area contributed by atoms with Gasteiger partial charge in [-0.2, -0.15) is 0 Å². The molecule has 27 heavy (non-hydrogen) atoms. The number of fused-ring (bicyclic) bond motifs is 1. The van der Waals surface area contributed by atoms with Crippen LogP contribution < -0.4 is 10.2 Å². The van der Waals surface area contributed by atoms with E-state index in [1.807, 2.05) is 31.2 Å². The maximum Gasteiger partial charge on any atom is 0.325 e. The van der Waals surface area contributed by atoms with E-state index in [9.17, 15) is 14.4 Å². The number of benzene rings is 2. The first-order valence-electron chi connectivity index (χ1n) is 8.95. The minimum absolute atomic E-state index is 0.0453. The number of para-hydroxylation sites is 1. The van der Waals surface area contributed by atoms with Gasteiger partial charge >= 0.3 is 5.97 Å². The van der Waals surface area contributed by atoms with E-state index in [-0.39, 0.29) is 31.0 Å². The summed E-state index contributed by atoms with van der Waals surface area (Å²) in [5.74, 6) is -1.28. The van der Waals surface area contributed by atoms with Crippen molar-refractivity contribution in [2.45, 2.75) is 25.8 Å². The molecule has 2 amide bonds. The molecule has 3 rings (SSSR count). The Labute approximate surface area is 158 Å². The molecule has 0 radical (unpaired) electrons. The van der Waals surface area contributed by atoms with Crippen LogP contribution in [0.15, 0.2) is 54.6 Å². The predicted octanol–water partition coefficient (Wildman–Crippen LogP) is 2.33. The number of nitrogens with one attached hydrogen (secondary N) is 1. The Morgan fingerprint density at radius 3 is 2.56 bits per heavy atom. The Bertz CT molecular complexity index is 835. The highest BCUT2D eigenvalue weighted by molar-refractivity contribution is 5.98. The van der Waals surface area contributed by atoms with Crippen molar-refractivity contribution in [1.29, 1.82) is 0 Å². The van der Waals surface area contributed by atoms with Gasteiger partial charge in [-0.15, -0.1) is 0 Å². The lowest BCUT2D eigenvalue weighted by Gasteiger charge is -2.35. The summed E-state index contributed by atoms with van der Waals surface area (Å²) in [4.78, 5) is 38.1. The molecule has 1 aliphatic heterocycles. The number of esters is 1. The van der Waals surface area contributed by atoms with Crippen molar-refractivity contribution >= 4 is 23.5 Å². The number of hydrogen-bond donors (Lipinski definition) is 1. The van der Waals surface area contributed by atoms with E-state index in [2.05, 4.69) is 5.32 Å². The van der Waals surface area contributed by atoms with E-state index in [0.717, 1.165) is 24.1 Å². The van der Waals surface area contributed by atoms with E-state index in [1.54, 1.807) is 35.2 Å². The summed E-state index contributed by atoms with van der Waals surface area (Å²) in [5.41, 5.74) is 2.44. The maximum absolute atomic E-state index is 12.6. The molecule has 140 valence electrons. The fourth-order valence-electron chi connectivity index (χ4n) is 3.18. The van der Waals surface area contributed by atoms with Gasteiger partial charge in [0, 0.05) is 17.3 Å². The summed E-state index contributed by atoms with van der Waals surface area (Å²) in [5, 5.41) is 2.49. The second kappa shape index (κ2) is 8.49. The van der Waals surface area contributed by atoms with Gasteiger partial charge in [0.2, 0.25) is 0 Å². The molecule has 1 heterocycles. The van der Waals surface area contributed by atoms with Crippen LogP contribution in [0.4, 0.5) is 5.69 Å². The fraction of sp³-hybridized carbons (Fsp3) is 0.286. The summed E-state index contributed by atoms with van der Waals surface area (Å²) in [6.07, 6.45) is 1.79. The average molecular weight is 366 g/mol. The normalized spacial score (nSPS) is 15.6. The second-order valence-corrected chi connectivity index (χ2v) is 6.49. The van der Waals surface area contributed by atoms with E-state index in [0.29, 0.717) is 5.56 Å². The van der Waals surface area contributed by atoms with Crippen molar-refractivity contribution in [3.63, 3.8) is 0 Å². The third-order valence-electron chi connectivity index (χ3n) is 4.58. The summed E-state index contributed by atoms with van der Waals surface area (Å²) < 4.78 is 5.06. The van der Waals surface area contributed by atoms with Gasteiger partial charge in [-0.1, -0.05) is 36.4 Å². The van der Waals surface area contributed by atoms with Gasteiger partial charge in [-0.05, 0) is 43.5 Å². The van der Waals surface area contributed by atoms with Crippen LogP contribution in [0.3, 0.4) is 0 Å². The molecule has 0 aliphatic carbocycles. The Morgan fingerprint density at radius 1 is 1.07 bits per heavy atom. The summed E-state index contributed by atoms with van der Waals surface area (Å²) in [6, 6.07) is 16.4. The monoisotopic (exact) mass is 366 g/mol. The second-order valence-electron chi connectivity index (χ2n) is 6.49. The zero-order chi connectivity index (χ0) is 19.2. The lowest BCUT2D eigenvalue weighted by molar-refractivity contribution is -0.146. The van der Waals surface area contributed by atoms with E-state index in [4.69, 9.17) is 4.74 Å². The van der Waals surface area contributed by atoms with Gasteiger partial charge in [0.25, 0.3) is 11.8 Å². The number of ether oxygens (including phenoxy) is 1. The molecule has 0 spiro atoms. The summed E-state index contributed by atoms with van der Waals surface area (Å²) in [7, 11) is 0. The van der Waals surface area contributed by atoms with Crippen molar-refractivity contribution in [1.82, 2.24) is 5.32 Å². The Morgan fingerprint density at radius 2 is 1.78 bits per heavy atom. The molecule has 1 atom stereocenters. The minimum Gasteiger partial charge on any atom is -0.454 e. The highest BCUT2D eigenvalue weighted by atomic mass is 16.5. The number of rotatable bonds is 5. The molecule has 0 bridgehead atoms. The molecule has 2 aromatic rings. The molecule has 2 aromatic carbocycles. The van der Waals surface area contributed by atoms with Gasteiger partial charge in [-0.3, -0.25) is 14.4 Å². The van der Waals surface area contributed by atoms with Crippen LogP contribution in [0.5, 0.6) is 0 Å². The number of carbonyl (C=O) groups is 3. The van der Waals surface area contributed by atoms with Crippen LogP contribution in [0, 0.1) is 0 Å².